The molecule has 0 aromatic carbocycles. The molecule has 0 radical (unpaired) electrons. The average Bonchev–Trinajstić information content (AvgIpc) is 2.93. The van der Waals surface area contributed by atoms with Crippen molar-refractivity contribution in [2.45, 2.75) is 26.8 Å². The first-order valence-electron chi connectivity index (χ1n) is 7.12. The summed E-state index contributed by atoms with van der Waals surface area (Å²) in [5.41, 5.74) is 3.74. The molecule has 0 unspecified atom stereocenters. The van der Waals surface area contributed by atoms with E-state index in [0.717, 1.165) is 40.6 Å². The summed E-state index contributed by atoms with van der Waals surface area (Å²) in [7, 11) is 0. The van der Waals surface area contributed by atoms with E-state index < -0.39 is 0 Å². The lowest BCUT2D eigenvalue weighted by Gasteiger charge is -2.23. The number of thiazole rings is 1. The molecular formula is C15H18N4OS. The molecule has 21 heavy (non-hydrogen) atoms. The first-order valence-corrected chi connectivity index (χ1v) is 8.00. The molecule has 1 amide bonds. The van der Waals surface area contributed by atoms with Crippen LogP contribution in [0.15, 0.2) is 17.6 Å². The van der Waals surface area contributed by atoms with Gasteiger partial charge in [0.25, 0.3) is 5.91 Å². The lowest BCUT2D eigenvalue weighted by atomic mass is 10.0. The van der Waals surface area contributed by atoms with Crippen LogP contribution in [0.2, 0.25) is 0 Å². The van der Waals surface area contributed by atoms with E-state index in [1.165, 1.54) is 11.3 Å². The molecule has 0 spiro atoms. The zero-order valence-electron chi connectivity index (χ0n) is 12.2. The number of carbonyl (C=O) groups is 1. The van der Waals surface area contributed by atoms with Crippen LogP contribution in [0.3, 0.4) is 0 Å². The molecule has 1 aliphatic rings. The van der Waals surface area contributed by atoms with Crippen molar-refractivity contribution in [3.63, 3.8) is 0 Å². The van der Waals surface area contributed by atoms with E-state index in [9.17, 15) is 4.79 Å². The van der Waals surface area contributed by atoms with Gasteiger partial charge in [0.05, 0.1) is 5.69 Å². The maximum atomic E-state index is 12.9. The first-order chi connectivity index (χ1) is 10.2. The van der Waals surface area contributed by atoms with Crippen molar-refractivity contribution in [3.05, 3.63) is 40.2 Å². The van der Waals surface area contributed by atoms with Crippen molar-refractivity contribution in [1.82, 2.24) is 15.3 Å². The maximum absolute atomic E-state index is 12.9. The Labute approximate surface area is 128 Å². The monoisotopic (exact) mass is 302 g/mol. The Morgan fingerprint density at radius 2 is 2.38 bits per heavy atom. The van der Waals surface area contributed by atoms with Crippen molar-refractivity contribution in [1.29, 1.82) is 0 Å². The highest BCUT2D eigenvalue weighted by atomic mass is 32.1. The number of anilines is 1. The van der Waals surface area contributed by atoms with Gasteiger partial charge in [0.2, 0.25) is 0 Å². The van der Waals surface area contributed by atoms with Crippen molar-refractivity contribution < 1.29 is 4.79 Å². The van der Waals surface area contributed by atoms with Crippen molar-refractivity contribution in [3.8, 4) is 0 Å². The topological polar surface area (TPSA) is 58.1 Å². The number of nitrogens with zero attached hydrogens (tertiary/aromatic N) is 3. The molecule has 1 aliphatic heterocycles. The lowest BCUT2D eigenvalue weighted by molar-refractivity contribution is 0.0987. The van der Waals surface area contributed by atoms with Crippen LogP contribution in [-0.4, -0.2) is 29.0 Å². The molecule has 0 saturated carbocycles. The number of pyridine rings is 1. The second-order valence-corrected chi connectivity index (χ2v) is 5.87. The molecule has 6 heteroatoms. The Hall–Kier alpha value is -1.79. The molecule has 0 fully saturated rings. The standard InChI is InChI=1S/C15H18N4OS/c1-3-19(15-18-10(2)9-21-15)14(20)11-4-7-17-13-5-6-16-8-12(11)13/h4,7,9,16H,3,5-6,8H2,1-2H3. The van der Waals surface area contributed by atoms with Gasteiger partial charge in [-0.05, 0) is 19.9 Å². The first kappa shape index (κ1) is 14.2. The molecule has 0 aliphatic carbocycles. The van der Waals surface area contributed by atoms with Gasteiger partial charge in [0.15, 0.2) is 5.13 Å². The minimum Gasteiger partial charge on any atom is -0.312 e. The van der Waals surface area contributed by atoms with Gasteiger partial charge < -0.3 is 5.32 Å². The lowest BCUT2D eigenvalue weighted by Crippen LogP contribution is -2.34. The Morgan fingerprint density at radius 3 is 3.10 bits per heavy atom. The van der Waals surface area contributed by atoms with Gasteiger partial charge in [-0.25, -0.2) is 4.98 Å². The minimum atomic E-state index is 0.00852. The number of aromatic nitrogens is 2. The summed E-state index contributed by atoms with van der Waals surface area (Å²) >= 11 is 1.51. The number of carbonyl (C=O) groups excluding carboxylic acids is 1. The third kappa shape index (κ3) is 2.69. The molecule has 3 rings (SSSR count). The van der Waals surface area contributed by atoms with E-state index in [4.69, 9.17) is 0 Å². The highest BCUT2D eigenvalue weighted by molar-refractivity contribution is 7.14. The molecule has 3 heterocycles. The molecule has 2 aromatic rings. The normalized spacial score (nSPS) is 13.8. The Kier molecular flexibility index (Phi) is 3.98. The number of nitrogens with one attached hydrogen (secondary N) is 1. The number of amides is 1. The summed E-state index contributed by atoms with van der Waals surface area (Å²) in [6.45, 7) is 6.15. The molecule has 0 saturated heterocycles. The van der Waals surface area contributed by atoms with Crippen molar-refractivity contribution in [2.24, 2.45) is 0 Å². The van der Waals surface area contributed by atoms with E-state index in [1.54, 1.807) is 11.1 Å². The van der Waals surface area contributed by atoms with Crippen LogP contribution in [0.1, 0.15) is 34.2 Å². The van der Waals surface area contributed by atoms with Crippen LogP contribution >= 0.6 is 11.3 Å². The molecule has 2 aromatic heterocycles. The van der Waals surface area contributed by atoms with E-state index in [2.05, 4.69) is 15.3 Å². The molecule has 5 nitrogen and oxygen atoms in total. The third-order valence-corrected chi connectivity index (χ3v) is 4.60. The summed E-state index contributed by atoms with van der Waals surface area (Å²) in [6.07, 6.45) is 2.61. The van der Waals surface area contributed by atoms with Gasteiger partial charge in [-0.15, -0.1) is 11.3 Å². The maximum Gasteiger partial charge on any atom is 0.260 e. The summed E-state index contributed by atoms with van der Waals surface area (Å²) in [5.74, 6) is 0.00852. The number of hydrogen-bond acceptors (Lipinski definition) is 5. The van der Waals surface area contributed by atoms with Crippen LogP contribution in [0.4, 0.5) is 5.13 Å². The zero-order chi connectivity index (χ0) is 14.8. The summed E-state index contributed by atoms with van der Waals surface area (Å²) in [6, 6.07) is 1.82. The van der Waals surface area contributed by atoms with Gasteiger partial charge in [0.1, 0.15) is 0 Å². The number of fused-ring (bicyclic) bond motifs is 1. The fourth-order valence-corrected chi connectivity index (χ4v) is 3.41. The van der Waals surface area contributed by atoms with Crippen LogP contribution in [-0.2, 0) is 13.0 Å². The SMILES string of the molecule is CCN(C(=O)c1ccnc2c1CNCC2)c1nc(C)cs1. The summed E-state index contributed by atoms with van der Waals surface area (Å²) in [5, 5.41) is 6.04. The van der Waals surface area contributed by atoms with Crippen LogP contribution < -0.4 is 10.2 Å². The smallest absolute Gasteiger partial charge is 0.260 e. The quantitative estimate of drug-likeness (QED) is 0.944. The molecule has 110 valence electrons. The fraction of sp³-hybridized carbons (Fsp3) is 0.400. The molecule has 0 bridgehead atoms. The van der Waals surface area contributed by atoms with Gasteiger partial charge >= 0.3 is 0 Å². The van der Waals surface area contributed by atoms with E-state index in [0.29, 0.717) is 13.1 Å². The highest BCUT2D eigenvalue weighted by Gasteiger charge is 2.24. The molecule has 0 atom stereocenters. The number of hydrogen-bond donors (Lipinski definition) is 1. The Morgan fingerprint density at radius 1 is 1.52 bits per heavy atom. The molecule has 1 N–H and O–H groups in total. The summed E-state index contributed by atoms with van der Waals surface area (Å²) in [4.78, 5) is 23.5. The molecular weight excluding hydrogens is 284 g/mol. The Balaban J connectivity index is 1.97. The van der Waals surface area contributed by atoms with Crippen molar-refractivity contribution in [2.75, 3.05) is 18.0 Å². The van der Waals surface area contributed by atoms with Crippen LogP contribution in [0.5, 0.6) is 0 Å². The van der Waals surface area contributed by atoms with E-state index in [1.807, 2.05) is 25.3 Å². The van der Waals surface area contributed by atoms with Crippen LogP contribution in [0.25, 0.3) is 0 Å². The Bertz CT molecular complexity index is 667. The van der Waals surface area contributed by atoms with Crippen LogP contribution in [0, 0.1) is 6.92 Å². The predicted octanol–water partition coefficient (Wildman–Crippen LogP) is 2.16. The average molecular weight is 302 g/mol. The highest BCUT2D eigenvalue weighted by Crippen LogP contribution is 2.24. The fourth-order valence-electron chi connectivity index (χ4n) is 2.55. The largest absolute Gasteiger partial charge is 0.312 e. The van der Waals surface area contributed by atoms with Gasteiger partial charge in [-0.2, -0.15) is 0 Å². The number of aryl methyl sites for hydroxylation is 1. The third-order valence-electron chi connectivity index (χ3n) is 3.61. The van der Waals surface area contributed by atoms with Gasteiger partial charge in [-0.1, -0.05) is 0 Å². The van der Waals surface area contributed by atoms with Gasteiger partial charge in [-0.3, -0.25) is 14.7 Å². The second kappa shape index (κ2) is 5.91. The predicted molar refractivity (Wildman–Crippen MR) is 83.8 cm³/mol. The second-order valence-electron chi connectivity index (χ2n) is 5.03. The van der Waals surface area contributed by atoms with Crippen molar-refractivity contribution >= 4 is 22.4 Å². The minimum absolute atomic E-state index is 0.00852. The van der Waals surface area contributed by atoms with E-state index >= 15 is 0 Å². The number of rotatable bonds is 3. The van der Waals surface area contributed by atoms with E-state index in [-0.39, 0.29) is 5.91 Å². The summed E-state index contributed by atoms with van der Waals surface area (Å²) < 4.78 is 0. The van der Waals surface area contributed by atoms with Gasteiger partial charge in [0, 0.05) is 54.5 Å². The zero-order valence-corrected chi connectivity index (χ0v) is 13.0.